The van der Waals surface area contributed by atoms with Crippen molar-refractivity contribution in [2.75, 3.05) is 19.7 Å². The van der Waals surface area contributed by atoms with Crippen LogP contribution in [-0.4, -0.2) is 47.4 Å². The highest BCUT2D eigenvalue weighted by atomic mass is 79.9. The molecule has 0 aliphatic carbocycles. The smallest absolute Gasteiger partial charge is 0.254 e. The molecule has 2 aromatic carbocycles. The summed E-state index contributed by atoms with van der Waals surface area (Å²) in [5.74, 6) is 0.606. The van der Waals surface area contributed by atoms with E-state index in [2.05, 4.69) is 27.4 Å². The third kappa shape index (κ3) is 5.96. The normalized spacial score (nSPS) is 15.9. The van der Waals surface area contributed by atoms with E-state index in [0.29, 0.717) is 18.7 Å². The molecule has 1 aliphatic rings. The number of hydrogen-bond donors (Lipinski definition) is 0. The Morgan fingerprint density at radius 1 is 1.20 bits per heavy atom. The first-order chi connectivity index (χ1) is 16.9. The monoisotopic (exact) mass is 554 g/mol. The fraction of sp³-hybridized carbons (Fsp3) is 0.357. The molecule has 0 N–H and O–H groups in total. The van der Waals surface area contributed by atoms with Crippen LogP contribution in [0.15, 0.2) is 64.5 Å². The predicted octanol–water partition coefficient (Wildman–Crippen LogP) is 6.26. The van der Waals surface area contributed by atoms with Gasteiger partial charge >= 0.3 is 0 Å². The molecule has 0 saturated carbocycles. The number of benzene rings is 2. The molecule has 2 heterocycles. The average molecular weight is 556 g/mol. The third-order valence-corrected chi connectivity index (χ3v) is 8.09. The molecule has 4 rings (SSSR count). The maximum absolute atomic E-state index is 13.7. The van der Waals surface area contributed by atoms with Crippen molar-refractivity contribution < 1.29 is 14.3 Å². The Kier molecular flexibility index (Phi) is 8.29. The molecule has 0 radical (unpaired) electrons. The van der Waals surface area contributed by atoms with Gasteiger partial charge in [-0.2, -0.15) is 0 Å². The van der Waals surface area contributed by atoms with Gasteiger partial charge in [-0.15, -0.1) is 11.3 Å². The number of carbonyl (C=O) groups excluding carboxylic acids is 2. The summed E-state index contributed by atoms with van der Waals surface area (Å²) in [5.41, 5.74) is 2.90. The van der Waals surface area contributed by atoms with E-state index in [0.717, 1.165) is 28.6 Å². The second kappa shape index (κ2) is 11.4. The minimum atomic E-state index is -0.182. The van der Waals surface area contributed by atoms with Gasteiger partial charge in [0.2, 0.25) is 5.91 Å². The first-order valence-electron chi connectivity index (χ1n) is 12.0. The van der Waals surface area contributed by atoms with Gasteiger partial charge in [0, 0.05) is 27.5 Å². The molecule has 2 atom stereocenters. The van der Waals surface area contributed by atoms with Crippen molar-refractivity contribution in [1.82, 2.24) is 9.80 Å². The summed E-state index contributed by atoms with van der Waals surface area (Å²) in [5, 5.41) is 2.08. The molecule has 184 valence electrons. The van der Waals surface area contributed by atoms with Gasteiger partial charge in [0.1, 0.15) is 18.9 Å². The Morgan fingerprint density at radius 3 is 2.69 bits per heavy atom. The number of halogens is 1. The van der Waals surface area contributed by atoms with E-state index in [1.165, 1.54) is 10.4 Å². The molecule has 1 aliphatic heterocycles. The van der Waals surface area contributed by atoms with Crippen LogP contribution in [0.1, 0.15) is 52.7 Å². The maximum atomic E-state index is 13.7. The van der Waals surface area contributed by atoms with Gasteiger partial charge in [0.25, 0.3) is 5.91 Å². The quantitative estimate of drug-likeness (QED) is 0.330. The van der Waals surface area contributed by atoms with Gasteiger partial charge in [-0.3, -0.25) is 9.59 Å². The molecule has 1 aromatic heterocycles. The zero-order valence-corrected chi connectivity index (χ0v) is 22.8. The van der Waals surface area contributed by atoms with Gasteiger partial charge in [-0.1, -0.05) is 46.6 Å². The van der Waals surface area contributed by atoms with Crippen molar-refractivity contribution in [3.05, 3.63) is 86.0 Å². The number of nitrogens with zero attached hydrogens (tertiary/aromatic N) is 2. The van der Waals surface area contributed by atoms with Gasteiger partial charge in [-0.05, 0) is 74.0 Å². The van der Waals surface area contributed by atoms with Crippen LogP contribution in [-0.2, 0) is 11.2 Å². The zero-order chi connectivity index (χ0) is 24.9. The van der Waals surface area contributed by atoms with E-state index in [4.69, 9.17) is 4.74 Å². The SMILES string of the molecule is CC[C@H](C)N(CC(=O)N1CCc2sccc2[C@H]1COc1ccc(C)cc1)C(=O)c1cccc(Br)c1. The first kappa shape index (κ1) is 25.5. The number of aryl methyl sites for hydroxylation is 1. The van der Waals surface area contributed by atoms with Crippen LogP contribution in [0.5, 0.6) is 5.75 Å². The van der Waals surface area contributed by atoms with Crippen molar-refractivity contribution in [3.8, 4) is 5.75 Å². The highest BCUT2D eigenvalue weighted by molar-refractivity contribution is 9.10. The van der Waals surface area contributed by atoms with Crippen LogP contribution in [0, 0.1) is 6.92 Å². The van der Waals surface area contributed by atoms with E-state index in [9.17, 15) is 9.59 Å². The summed E-state index contributed by atoms with van der Waals surface area (Å²) in [6.07, 6.45) is 1.59. The van der Waals surface area contributed by atoms with Crippen LogP contribution in [0.25, 0.3) is 0 Å². The fourth-order valence-electron chi connectivity index (χ4n) is 4.36. The molecule has 0 unspecified atom stereocenters. The molecule has 35 heavy (non-hydrogen) atoms. The Labute approximate surface area is 219 Å². The zero-order valence-electron chi connectivity index (χ0n) is 20.4. The lowest BCUT2D eigenvalue weighted by molar-refractivity contribution is -0.136. The second-order valence-corrected chi connectivity index (χ2v) is 10.9. The van der Waals surface area contributed by atoms with Crippen molar-refractivity contribution >= 4 is 39.1 Å². The van der Waals surface area contributed by atoms with Crippen molar-refractivity contribution in [1.29, 1.82) is 0 Å². The van der Waals surface area contributed by atoms with Gasteiger partial charge in [0.05, 0.1) is 6.04 Å². The predicted molar refractivity (Wildman–Crippen MR) is 144 cm³/mol. The Morgan fingerprint density at radius 2 is 1.97 bits per heavy atom. The van der Waals surface area contributed by atoms with E-state index in [-0.39, 0.29) is 30.4 Å². The standard InChI is InChI=1S/C28H31BrN2O3S/c1-4-20(3)31(28(33)21-6-5-7-22(29)16-21)17-27(32)30-14-12-26-24(13-15-35-26)25(30)18-34-23-10-8-19(2)9-11-23/h5-11,13,15-16,20,25H,4,12,14,17-18H2,1-3H3/t20-,25+/m0/s1. The van der Waals surface area contributed by atoms with Crippen LogP contribution in [0.4, 0.5) is 0 Å². The second-order valence-electron chi connectivity index (χ2n) is 8.98. The van der Waals surface area contributed by atoms with Crippen LogP contribution < -0.4 is 4.74 Å². The third-order valence-electron chi connectivity index (χ3n) is 6.60. The number of ether oxygens (including phenoxy) is 1. The number of carbonyl (C=O) groups is 2. The fourth-order valence-corrected chi connectivity index (χ4v) is 5.68. The summed E-state index contributed by atoms with van der Waals surface area (Å²) in [7, 11) is 0. The summed E-state index contributed by atoms with van der Waals surface area (Å²) >= 11 is 5.18. The number of amides is 2. The average Bonchev–Trinajstić information content (AvgIpc) is 3.35. The van der Waals surface area contributed by atoms with Crippen molar-refractivity contribution in [2.45, 2.75) is 45.7 Å². The minimum absolute atomic E-state index is 0.0425. The molecule has 0 saturated heterocycles. The van der Waals surface area contributed by atoms with E-state index < -0.39 is 0 Å². The van der Waals surface area contributed by atoms with Crippen molar-refractivity contribution in [2.24, 2.45) is 0 Å². The van der Waals surface area contributed by atoms with Crippen LogP contribution in [0.3, 0.4) is 0 Å². The lowest BCUT2D eigenvalue weighted by atomic mass is 10.00. The summed E-state index contributed by atoms with van der Waals surface area (Å²) < 4.78 is 6.98. The molecule has 7 heteroatoms. The molecule has 2 amide bonds. The van der Waals surface area contributed by atoms with Crippen LogP contribution >= 0.6 is 27.3 Å². The van der Waals surface area contributed by atoms with Crippen molar-refractivity contribution in [3.63, 3.8) is 0 Å². The minimum Gasteiger partial charge on any atom is -0.491 e. The molecule has 5 nitrogen and oxygen atoms in total. The molecule has 0 spiro atoms. The highest BCUT2D eigenvalue weighted by Gasteiger charge is 2.34. The number of thiophene rings is 1. The van der Waals surface area contributed by atoms with Gasteiger partial charge in [-0.25, -0.2) is 0 Å². The van der Waals surface area contributed by atoms with Crippen LogP contribution in [0.2, 0.25) is 0 Å². The summed E-state index contributed by atoms with van der Waals surface area (Å²) in [6.45, 7) is 7.11. The Balaban J connectivity index is 1.54. The Hall–Kier alpha value is -2.64. The summed E-state index contributed by atoms with van der Waals surface area (Å²) in [6, 6.07) is 17.1. The first-order valence-corrected chi connectivity index (χ1v) is 13.7. The number of rotatable bonds is 8. The van der Waals surface area contributed by atoms with E-state index in [1.807, 2.05) is 62.1 Å². The number of fused-ring (bicyclic) bond motifs is 1. The number of hydrogen-bond acceptors (Lipinski definition) is 4. The lowest BCUT2D eigenvalue weighted by Gasteiger charge is -2.38. The molecular formula is C28H31BrN2O3S. The topological polar surface area (TPSA) is 49.9 Å². The lowest BCUT2D eigenvalue weighted by Crippen LogP contribution is -2.49. The molecule has 3 aromatic rings. The maximum Gasteiger partial charge on any atom is 0.254 e. The highest BCUT2D eigenvalue weighted by Crippen LogP contribution is 2.34. The summed E-state index contributed by atoms with van der Waals surface area (Å²) in [4.78, 5) is 32.0. The Bertz CT molecular complexity index is 1180. The molecule has 0 bridgehead atoms. The van der Waals surface area contributed by atoms with E-state index >= 15 is 0 Å². The largest absolute Gasteiger partial charge is 0.491 e. The molecular weight excluding hydrogens is 524 g/mol. The van der Waals surface area contributed by atoms with Gasteiger partial charge < -0.3 is 14.5 Å². The van der Waals surface area contributed by atoms with Gasteiger partial charge in [0.15, 0.2) is 0 Å². The molecule has 0 fully saturated rings. The van der Waals surface area contributed by atoms with E-state index in [1.54, 1.807) is 28.4 Å².